The minimum atomic E-state index is -1.49. The van der Waals surface area contributed by atoms with Crippen LogP contribution < -0.4 is 10.1 Å². The van der Waals surface area contributed by atoms with Crippen LogP contribution in [0.25, 0.3) is 0 Å². The number of nitrogens with zero attached hydrogens (tertiary/aromatic N) is 3. The van der Waals surface area contributed by atoms with Gasteiger partial charge in [-0.05, 0) is 31.2 Å². The summed E-state index contributed by atoms with van der Waals surface area (Å²) < 4.78 is 34.4. The Hall–Kier alpha value is -2.82. The van der Waals surface area contributed by atoms with Crippen molar-refractivity contribution in [2.75, 3.05) is 32.8 Å². The van der Waals surface area contributed by atoms with E-state index in [0.29, 0.717) is 42.4 Å². The SMILES string of the molecule is CC(O)CNCC1(COc2ccc(C#N)c(F)c2)CN(S(=O)c2ccccc2C#N)C1. The summed E-state index contributed by atoms with van der Waals surface area (Å²) in [5.74, 6) is -0.341. The molecule has 2 aromatic rings. The number of ether oxygens (including phenoxy) is 1. The highest BCUT2D eigenvalue weighted by molar-refractivity contribution is 7.82. The third-order valence-electron chi connectivity index (χ3n) is 5.00. The van der Waals surface area contributed by atoms with E-state index in [9.17, 15) is 19.0 Å². The van der Waals surface area contributed by atoms with E-state index in [1.54, 1.807) is 41.6 Å². The zero-order valence-electron chi connectivity index (χ0n) is 17.0. The van der Waals surface area contributed by atoms with Crippen molar-refractivity contribution in [2.24, 2.45) is 5.41 Å². The number of aliphatic hydroxyl groups is 1. The lowest BCUT2D eigenvalue weighted by atomic mass is 9.82. The van der Waals surface area contributed by atoms with Gasteiger partial charge in [0.05, 0.1) is 28.7 Å². The molecular formula is C22H23FN4O3S. The van der Waals surface area contributed by atoms with Crippen LogP contribution in [0.15, 0.2) is 47.4 Å². The van der Waals surface area contributed by atoms with Crippen molar-refractivity contribution in [3.63, 3.8) is 0 Å². The zero-order chi connectivity index (χ0) is 22.4. The topological polar surface area (TPSA) is 109 Å². The molecule has 31 heavy (non-hydrogen) atoms. The fourth-order valence-corrected chi connectivity index (χ4v) is 4.94. The Balaban J connectivity index is 1.69. The van der Waals surface area contributed by atoms with E-state index in [-0.39, 0.29) is 12.2 Å². The van der Waals surface area contributed by atoms with Gasteiger partial charge in [0, 0.05) is 37.7 Å². The van der Waals surface area contributed by atoms with Gasteiger partial charge in [-0.25, -0.2) is 12.9 Å². The lowest BCUT2D eigenvalue weighted by molar-refractivity contribution is 0.0202. The maximum absolute atomic E-state index is 13.9. The molecule has 0 bridgehead atoms. The van der Waals surface area contributed by atoms with Gasteiger partial charge < -0.3 is 15.2 Å². The van der Waals surface area contributed by atoms with Crippen LogP contribution in [-0.4, -0.2) is 52.5 Å². The highest BCUT2D eigenvalue weighted by Gasteiger charge is 2.46. The molecule has 162 valence electrons. The third-order valence-corrected chi connectivity index (χ3v) is 6.46. The molecule has 2 unspecified atom stereocenters. The summed E-state index contributed by atoms with van der Waals surface area (Å²) in [6.45, 7) is 3.68. The monoisotopic (exact) mass is 442 g/mol. The molecule has 7 nitrogen and oxygen atoms in total. The summed E-state index contributed by atoms with van der Waals surface area (Å²) in [4.78, 5) is 0.464. The predicted molar refractivity (Wildman–Crippen MR) is 113 cm³/mol. The van der Waals surface area contributed by atoms with E-state index in [0.717, 1.165) is 0 Å². The molecule has 9 heteroatoms. The Morgan fingerprint density at radius 3 is 2.61 bits per heavy atom. The smallest absolute Gasteiger partial charge is 0.144 e. The average molecular weight is 443 g/mol. The van der Waals surface area contributed by atoms with Crippen molar-refractivity contribution < 1.29 is 18.4 Å². The van der Waals surface area contributed by atoms with Gasteiger partial charge in [0.15, 0.2) is 0 Å². The van der Waals surface area contributed by atoms with Gasteiger partial charge in [-0.15, -0.1) is 0 Å². The van der Waals surface area contributed by atoms with Gasteiger partial charge in [-0.3, -0.25) is 0 Å². The van der Waals surface area contributed by atoms with Crippen molar-refractivity contribution in [3.8, 4) is 17.9 Å². The van der Waals surface area contributed by atoms with Gasteiger partial charge in [0.2, 0.25) is 0 Å². The Morgan fingerprint density at radius 2 is 1.97 bits per heavy atom. The van der Waals surface area contributed by atoms with E-state index in [4.69, 9.17) is 10.00 Å². The van der Waals surface area contributed by atoms with Crippen molar-refractivity contribution >= 4 is 11.0 Å². The Labute approximate surface area is 183 Å². The molecule has 1 heterocycles. The molecule has 3 rings (SSSR count). The maximum Gasteiger partial charge on any atom is 0.144 e. The summed E-state index contributed by atoms with van der Waals surface area (Å²) in [6.07, 6.45) is -0.515. The molecule has 0 aliphatic carbocycles. The number of hydrogen-bond acceptors (Lipinski definition) is 6. The molecule has 2 atom stereocenters. The molecule has 2 N–H and O–H groups in total. The lowest BCUT2D eigenvalue weighted by Gasteiger charge is -2.49. The molecule has 1 saturated heterocycles. The fraction of sp³-hybridized carbons (Fsp3) is 0.364. The van der Waals surface area contributed by atoms with Crippen molar-refractivity contribution in [1.82, 2.24) is 9.62 Å². The molecule has 0 spiro atoms. The Bertz CT molecular complexity index is 1040. The molecule has 1 fully saturated rings. The maximum atomic E-state index is 13.9. The molecule has 1 aliphatic rings. The van der Waals surface area contributed by atoms with E-state index in [2.05, 4.69) is 11.4 Å². The lowest BCUT2D eigenvalue weighted by Crippen LogP contribution is -2.63. The van der Waals surface area contributed by atoms with E-state index in [1.807, 2.05) is 0 Å². The number of nitriles is 2. The van der Waals surface area contributed by atoms with Crippen LogP contribution in [0.2, 0.25) is 0 Å². The molecule has 2 aromatic carbocycles. The van der Waals surface area contributed by atoms with Crippen LogP contribution in [0.1, 0.15) is 18.1 Å². The number of aliphatic hydroxyl groups excluding tert-OH is 1. The van der Waals surface area contributed by atoms with Gasteiger partial charge in [0.25, 0.3) is 0 Å². The van der Waals surface area contributed by atoms with Crippen LogP contribution in [-0.2, 0) is 11.0 Å². The number of halogens is 1. The first-order valence-corrected chi connectivity index (χ1v) is 10.9. The largest absolute Gasteiger partial charge is 0.493 e. The normalized spacial score (nSPS) is 17.1. The molecule has 0 amide bonds. The third kappa shape index (κ3) is 5.46. The van der Waals surface area contributed by atoms with Crippen LogP contribution in [0, 0.1) is 33.9 Å². The first-order chi connectivity index (χ1) is 14.9. The van der Waals surface area contributed by atoms with Gasteiger partial charge in [0.1, 0.15) is 34.7 Å². The standard InChI is InChI=1S/C22H23FN4O3S/c1-16(28)11-26-12-22(15-30-19-7-6-17(9-24)20(23)8-19)13-27(14-22)31(29)21-5-3-2-4-18(21)10-25/h2-8,16,26,28H,11-15H2,1H3. The minimum Gasteiger partial charge on any atom is -0.493 e. The zero-order valence-corrected chi connectivity index (χ0v) is 17.9. The second-order valence-electron chi connectivity index (χ2n) is 7.68. The first-order valence-electron chi connectivity index (χ1n) is 9.75. The highest BCUT2D eigenvalue weighted by Crippen LogP contribution is 2.34. The Kier molecular flexibility index (Phi) is 7.37. The van der Waals surface area contributed by atoms with E-state index in [1.165, 1.54) is 18.2 Å². The van der Waals surface area contributed by atoms with Crippen molar-refractivity contribution in [3.05, 3.63) is 59.4 Å². The summed E-state index contributed by atoms with van der Waals surface area (Å²) in [5, 5.41) is 30.8. The van der Waals surface area contributed by atoms with Crippen LogP contribution in [0.5, 0.6) is 5.75 Å². The summed E-state index contributed by atoms with van der Waals surface area (Å²) >= 11 is 0. The second kappa shape index (κ2) is 9.99. The van der Waals surface area contributed by atoms with Crippen molar-refractivity contribution in [1.29, 1.82) is 10.5 Å². The average Bonchev–Trinajstić information content (AvgIpc) is 2.74. The molecule has 0 saturated carbocycles. The van der Waals surface area contributed by atoms with Gasteiger partial charge in [-0.1, -0.05) is 12.1 Å². The molecule has 1 aliphatic heterocycles. The number of rotatable bonds is 9. The summed E-state index contributed by atoms with van der Waals surface area (Å²) in [7, 11) is -1.49. The van der Waals surface area contributed by atoms with Gasteiger partial charge >= 0.3 is 0 Å². The summed E-state index contributed by atoms with van der Waals surface area (Å²) in [6, 6.07) is 14.7. The number of hydrogen-bond donors (Lipinski definition) is 2. The van der Waals surface area contributed by atoms with E-state index < -0.39 is 28.3 Å². The van der Waals surface area contributed by atoms with Gasteiger partial charge in [-0.2, -0.15) is 10.5 Å². The van der Waals surface area contributed by atoms with E-state index >= 15 is 0 Å². The number of nitrogens with one attached hydrogen (secondary N) is 1. The fourth-order valence-electron chi connectivity index (χ4n) is 3.38. The first kappa shape index (κ1) is 22.9. The Morgan fingerprint density at radius 1 is 1.26 bits per heavy atom. The predicted octanol–water partition coefficient (Wildman–Crippen LogP) is 1.94. The van der Waals surface area contributed by atoms with Crippen LogP contribution in [0.4, 0.5) is 4.39 Å². The molecule has 0 radical (unpaired) electrons. The quantitative estimate of drug-likeness (QED) is 0.614. The summed E-state index contributed by atoms with van der Waals surface area (Å²) in [5.41, 5.74) is -0.0897. The van der Waals surface area contributed by atoms with Crippen LogP contribution in [0.3, 0.4) is 0 Å². The van der Waals surface area contributed by atoms with Crippen LogP contribution >= 0.6 is 0 Å². The highest BCUT2D eigenvalue weighted by atomic mass is 32.2. The second-order valence-corrected chi connectivity index (χ2v) is 9.13. The van der Waals surface area contributed by atoms with Crippen molar-refractivity contribution in [2.45, 2.75) is 17.9 Å². The molecular weight excluding hydrogens is 419 g/mol. The minimum absolute atomic E-state index is 0.0537. The number of benzene rings is 2. The molecule has 0 aromatic heterocycles.